The Balaban J connectivity index is 1.36. The van der Waals surface area contributed by atoms with Crippen LogP contribution in [0.15, 0.2) is 18.2 Å². The quantitative estimate of drug-likeness (QED) is 0.242. The number of aromatic nitrogens is 2. The molecule has 15 heteroatoms. The van der Waals surface area contributed by atoms with Crippen molar-refractivity contribution in [1.29, 1.82) is 5.26 Å². The number of alkyl halides is 4. The molecule has 246 valence electrons. The van der Waals surface area contributed by atoms with E-state index in [2.05, 4.69) is 9.97 Å². The molecule has 4 fully saturated rings. The van der Waals surface area contributed by atoms with Crippen LogP contribution in [0.5, 0.6) is 6.01 Å². The lowest BCUT2D eigenvalue weighted by Gasteiger charge is -2.33. The van der Waals surface area contributed by atoms with E-state index in [4.69, 9.17) is 10.5 Å². The van der Waals surface area contributed by atoms with Gasteiger partial charge >= 0.3 is 12.2 Å². The van der Waals surface area contributed by atoms with Crippen molar-refractivity contribution in [2.75, 3.05) is 36.9 Å². The molecule has 5 heterocycles. The van der Waals surface area contributed by atoms with E-state index in [1.165, 1.54) is 0 Å². The van der Waals surface area contributed by atoms with Gasteiger partial charge in [0, 0.05) is 35.8 Å². The predicted molar refractivity (Wildman–Crippen MR) is 163 cm³/mol. The number of nitrogens with zero attached hydrogens (tertiary/aromatic N) is 5. The molecular formula is C32H28F6N6O2S. The third kappa shape index (κ3) is 4.62. The van der Waals surface area contributed by atoms with Crippen LogP contribution in [0.2, 0.25) is 0 Å². The summed E-state index contributed by atoms with van der Waals surface area (Å²) in [6.07, 6.45) is -3.98. The Morgan fingerprint density at radius 1 is 1.19 bits per heavy atom. The van der Waals surface area contributed by atoms with Crippen molar-refractivity contribution in [2.45, 2.75) is 62.1 Å². The third-order valence-corrected chi connectivity index (χ3v) is 11.4. The normalized spacial score (nSPS) is 27.3. The highest BCUT2D eigenvalue weighted by Crippen LogP contribution is 2.49. The molecule has 3 aliphatic heterocycles. The Labute approximate surface area is 268 Å². The molecule has 0 radical (unpaired) electrons. The van der Waals surface area contributed by atoms with Crippen molar-refractivity contribution in [3.63, 3.8) is 0 Å². The first-order valence-corrected chi connectivity index (χ1v) is 16.2. The maximum absolute atomic E-state index is 17.0. The van der Waals surface area contributed by atoms with Crippen molar-refractivity contribution in [2.24, 2.45) is 5.92 Å². The van der Waals surface area contributed by atoms with Gasteiger partial charge in [0.2, 0.25) is 0 Å². The number of anilines is 2. The largest absolute Gasteiger partial charge is 0.461 e. The molecule has 47 heavy (non-hydrogen) atoms. The van der Waals surface area contributed by atoms with Gasteiger partial charge in [-0.15, -0.1) is 11.3 Å². The number of benzene rings is 2. The van der Waals surface area contributed by atoms with Crippen LogP contribution in [0, 0.1) is 28.9 Å². The van der Waals surface area contributed by atoms with E-state index in [9.17, 15) is 32.3 Å². The zero-order valence-electron chi connectivity index (χ0n) is 24.8. The highest BCUT2D eigenvalue weighted by atomic mass is 32.1. The topological polar surface area (TPSA) is 112 Å². The molecule has 0 unspecified atom stereocenters. The Hall–Kier alpha value is -3.87. The minimum atomic E-state index is -5.09. The summed E-state index contributed by atoms with van der Waals surface area (Å²) < 4.78 is 96.8. The molecule has 0 amide bonds. The second kappa shape index (κ2) is 10.6. The minimum absolute atomic E-state index is 0.000447. The number of nitriles is 1. The summed E-state index contributed by atoms with van der Waals surface area (Å²) in [5.74, 6) is -2.12. The molecule has 8 rings (SSSR count). The summed E-state index contributed by atoms with van der Waals surface area (Å²) in [4.78, 5) is 12.5. The Bertz CT molecular complexity index is 2000. The number of fused-ring (bicyclic) bond motifs is 5. The molecule has 1 aliphatic carbocycles. The number of nitrogen functional groups attached to an aromatic ring is 1. The average molecular weight is 675 g/mol. The maximum Gasteiger partial charge on any atom is 0.417 e. The van der Waals surface area contributed by atoms with Crippen molar-refractivity contribution in [3.05, 3.63) is 41.0 Å². The van der Waals surface area contributed by atoms with Crippen LogP contribution in [0.25, 0.3) is 32.1 Å². The first-order chi connectivity index (χ1) is 22.4. The molecule has 0 spiro atoms. The molecule has 1 saturated carbocycles. The van der Waals surface area contributed by atoms with E-state index in [1.54, 1.807) is 4.90 Å². The second-order valence-electron chi connectivity index (χ2n) is 13.1. The van der Waals surface area contributed by atoms with Gasteiger partial charge in [-0.25, -0.2) is 13.2 Å². The van der Waals surface area contributed by atoms with Gasteiger partial charge in [-0.1, -0.05) is 6.07 Å². The second-order valence-corrected chi connectivity index (χ2v) is 14.1. The molecule has 8 nitrogen and oxygen atoms in total. The zero-order valence-corrected chi connectivity index (χ0v) is 25.6. The number of piperidine rings is 1. The predicted octanol–water partition coefficient (Wildman–Crippen LogP) is 6.18. The van der Waals surface area contributed by atoms with E-state index in [1.807, 2.05) is 11.0 Å². The van der Waals surface area contributed by atoms with Crippen LogP contribution in [-0.2, 0) is 6.18 Å². The monoisotopic (exact) mass is 674 g/mol. The lowest BCUT2D eigenvalue weighted by atomic mass is 9.92. The number of hydrogen-bond acceptors (Lipinski definition) is 9. The van der Waals surface area contributed by atoms with E-state index < -0.39 is 58.3 Å². The van der Waals surface area contributed by atoms with Crippen LogP contribution < -0.4 is 15.4 Å². The van der Waals surface area contributed by atoms with Gasteiger partial charge in [0.25, 0.3) is 0 Å². The van der Waals surface area contributed by atoms with E-state index >= 15 is 4.39 Å². The molecular weight excluding hydrogens is 646 g/mol. The van der Waals surface area contributed by atoms with E-state index in [0.29, 0.717) is 43.7 Å². The summed E-state index contributed by atoms with van der Waals surface area (Å²) >= 11 is 0.686. The Kier molecular flexibility index (Phi) is 6.85. The molecule has 3 saturated heterocycles. The Morgan fingerprint density at radius 2 is 2.00 bits per heavy atom. The number of ether oxygens (including phenoxy) is 1. The number of nitrogens with two attached hydrogens (primary N) is 1. The number of thiophene rings is 1. The van der Waals surface area contributed by atoms with Gasteiger partial charge < -0.3 is 20.5 Å². The summed E-state index contributed by atoms with van der Waals surface area (Å²) in [7, 11) is 0. The molecule has 4 aromatic rings. The summed E-state index contributed by atoms with van der Waals surface area (Å²) in [5, 5.41) is 19.9. The number of aliphatic hydroxyl groups is 1. The summed E-state index contributed by atoms with van der Waals surface area (Å²) in [6.45, 7) is 1.35. The van der Waals surface area contributed by atoms with Gasteiger partial charge in [0.05, 0.1) is 33.5 Å². The van der Waals surface area contributed by atoms with Gasteiger partial charge in [-0.3, -0.25) is 4.90 Å². The van der Waals surface area contributed by atoms with Crippen LogP contribution in [-0.4, -0.2) is 70.1 Å². The maximum atomic E-state index is 17.0. The van der Waals surface area contributed by atoms with Crippen molar-refractivity contribution in [1.82, 2.24) is 14.9 Å². The smallest absolute Gasteiger partial charge is 0.417 e. The van der Waals surface area contributed by atoms with Crippen molar-refractivity contribution < 1.29 is 36.2 Å². The molecule has 4 aliphatic rings. The van der Waals surface area contributed by atoms with Crippen LogP contribution in [0.4, 0.5) is 37.2 Å². The highest BCUT2D eigenvalue weighted by molar-refractivity contribution is 7.23. The lowest BCUT2D eigenvalue weighted by Crippen LogP contribution is -2.44. The molecule has 2 aromatic heterocycles. The fourth-order valence-electron chi connectivity index (χ4n) is 8.35. The van der Waals surface area contributed by atoms with E-state index in [-0.39, 0.29) is 68.9 Å². The fourth-order valence-corrected chi connectivity index (χ4v) is 9.30. The SMILES string of the molecule is N#Cc1c(N)sc2c(F)ccc(-c3c(C(F)(F)F)cc4c(N5C[C@@H]6C[C@@H](O)[C@H]5C6)nc(OC[C@@]56CCCN5C[C@H](F)C6)nc4c3F)c12. The number of aliphatic hydroxyl groups excluding tert-OH is 1. The molecule has 3 N–H and O–H groups in total. The first kappa shape index (κ1) is 30.5. The standard InChI is InChI=1S/C32H28F6N6O2S/c33-15-9-31(4-1-5-43(31)12-15)13-46-30-41-26-17(29(42-30)44-11-14-6-21(44)22(45)7-14)8-19(32(36,37)38)24(25(26)35)16-2-3-20(34)27-23(16)18(10-39)28(40)47-27/h2-3,8,14-15,21-22,45H,1,4-7,9,11-13,40H2/t14-,15+,21+,22+,31-/m0/s1. The highest BCUT2D eigenvalue weighted by Gasteiger charge is 2.50. The summed E-state index contributed by atoms with van der Waals surface area (Å²) in [6, 6.07) is 3.76. The number of halogens is 6. The Morgan fingerprint density at radius 3 is 2.72 bits per heavy atom. The van der Waals surface area contributed by atoms with Gasteiger partial charge in [-0.2, -0.15) is 28.4 Å². The van der Waals surface area contributed by atoms with Crippen molar-refractivity contribution >= 4 is 43.1 Å². The number of rotatable bonds is 5. The molecule has 2 bridgehead atoms. The van der Waals surface area contributed by atoms with Gasteiger partial charge in [-0.05, 0) is 55.8 Å². The van der Waals surface area contributed by atoms with Crippen LogP contribution in [0.3, 0.4) is 0 Å². The third-order valence-electron chi connectivity index (χ3n) is 10.3. The summed E-state index contributed by atoms with van der Waals surface area (Å²) in [5.41, 5.74) is 1.95. The zero-order chi connectivity index (χ0) is 33.0. The van der Waals surface area contributed by atoms with Crippen LogP contribution >= 0.6 is 11.3 Å². The number of hydrogen-bond donors (Lipinski definition) is 2. The molecule has 5 atom stereocenters. The van der Waals surface area contributed by atoms with Gasteiger partial charge in [0.1, 0.15) is 41.0 Å². The van der Waals surface area contributed by atoms with Crippen molar-refractivity contribution in [3.8, 4) is 23.2 Å². The lowest BCUT2D eigenvalue weighted by molar-refractivity contribution is -0.137. The van der Waals surface area contributed by atoms with E-state index in [0.717, 1.165) is 24.6 Å². The first-order valence-electron chi connectivity index (χ1n) is 15.4. The van der Waals surface area contributed by atoms with Gasteiger partial charge in [0.15, 0.2) is 5.82 Å². The minimum Gasteiger partial charge on any atom is -0.461 e. The van der Waals surface area contributed by atoms with Crippen LogP contribution in [0.1, 0.15) is 43.2 Å². The molecule has 2 aromatic carbocycles. The fraction of sp³-hybridized carbons (Fsp3) is 0.469. The average Bonchev–Trinajstić information content (AvgIpc) is 3.82.